The molecule has 2 amide bonds. The zero-order valence-corrected chi connectivity index (χ0v) is 15.2. The van der Waals surface area contributed by atoms with Gasteiger partial charge in [-0.25, -0.2) is 8.78 Å². The fourth-order valence-corrected chi connectivity index (χ4v) is 2.43. The van der Waals surface area contributed by atoms with Gasteiger partial charge >= 0.3 is 0 Å². The molecule has 6 nitrogen and oxygen atoms in total. The van der Waals surface area contributed by atoms with E-state index in [1.807, 2.05) is 0 Å². The highest BCUT2D eigenvalue weighted by molar-refractivity contribution is 5.95. The highest BCUT2D eigenvalue weighted by Gasteiger charge is 2.13. The number of hydrogen-bond donors (Lipinski definition) is 3. The van der Waals surface area contributed by atoms with Crippen molar-refractivity contribution in [1.82, 2.24) is 5.32 Å². The van der Waals surface area contributed by atoms with Gasteiger partial charge < -0.3 is 20.7 Å². The second-order valence-electron chi connectivity index (χ2n) is 5.92. The number of methoxy groups -OCH3 is 1. The monoisotopic (exact) mass is 377 g/mol. The van der Waals surface area contributed by atoms with E-state index in [0.717, 1.165) is 12.1 Å². The van der Waals surface area contributed by atoms with Gasteiger partial charge in [0, 0.05) is 18.7 Å². The Hall–Kier alpha value is -3.00. The summed E-state index contributed by atoms with van der Waals surface area (Å²) in [5, 5.41) is 8.25. The number of rotatable bonds is 7. The molecule has 3 N–H and O–H groups in total. The second kappa shape index (κ2) is 9.09. The van der Waals surface area contributed by atoms with Crippen molar-refractivity contribution in [3.63, 3.8) is 0 Å². The Kier molecular flexibility index (Phi) is 6.84. The van der Waals surface area contributed by atoms with Crippen molar-refractivity contribution in [2.75, 3.05) is 24.3 Å². The van der Waals surface area contributed by atoms with E-state index in [0.29, 0.717) is 22.7 Å². The third kappa shape index (κ3) is 5.75. The Morgan fingerprint density at radius 3 is 2.44 bits per heavy atom. The van der Waals surface area contributed by atoms with Gasteiger partial charge in [0.25, 0.3) is 0 Å². The quantitative estimate of drug-likeness (QED) is 0.692. The van der Waals surface area contributed by atoms with Gasteiger partial charge in [0.15, 0.2) is 11.6 Å². The molecule has 1 atom stereocenters. The van der Waals surface area contributed by atoms with Crippen LogP contribution in [0.4, 0.5) is 20.2 Å². The van der Waals surface area contributed by atoms with Crippen LogP contribution in [0.1, 0.15) is 25.5 Å². The van der Waals surface area contributed by atoms with Crippen molar-refractivity contribution in [2.24, 2.45) is 0 Å². The molecule has 0 saturated carbocycles. The molecule has 0 fully saturated rings. The molecule has 0 heterocycles. The highest BCUT2D eigenvalue weighted by Crippen LogP contribution is 2.27. The summed E-state index contributed by atoms with van der Waals surface area (Å²) < 4.78 is 31.5. The van der Waals surface area contributed by atoms with Gasteiger partial charge in [-0.05, 0) is 42.8 Å². The van der Waals surface area contributed by atoms with E-state index < -0.39 is 11.6 Å². The van der Waals surface area contributed by atoms with E-state index in [-0.39, 0.29) is 24.4 Å². The van der Waals surface area contributed by atoms with E-state index in [2.05, 4.69) is 16.0 Å². The van der Waals surface area contributed by atoms with Crippen molar-refractivity contribution in [1.29, 1.82) is 0 Å². The van der Waals surface area contributed by atoms with E-state index in [4.69, 9.17) is 4.74 Å². The lowest BCUT2D eigenvalue weighted by atomic mass is 10.1. The first kappa shape index (κ1) is 20.3. The molecular weight excluding hydrogens is 356 g/mol. The number of carbonyl (C=O) groups excluding carboxylic acids is 2. The molecule has 2 aromatic carbocycles. The normalized spacial score (nSPS) is 11.6. The van der Waals surface area contributed by atoms with Crippen LogP contribution in [-0.2, 0) is 9.59 Å². The van der Waals surface area contributed by atoms with Gasteiger partial charge in [-0.2, -0.15) is 0 Å². The largest absolute Gasteiger partial charge is 0.495 e. The minimum atomic E-state index is -0.940. The predicted octanol–water partition coefficient (Wildman–Crippen LogP) is 3.22. The summed E-state index contributed by atoms with van der Waals surface area (Å²) in [6.45, 7) is 3.05. The second-order valence-corrected chi connectivity index (χ2v) is 5.92. The summed E-state index contributed by atoms with van der Waals surface area (Å²) in [5.41, 5.74) is 1.43. The summed E-state index contributed by atoms with van der Waals surface area (Å²) in [5.74, 6) is -2.02. The molecule has 27 heavy (non-hydrogen) atoms. The first-order valence-corrected chi connectivity index (χ1v) is 8.24. The van der Waals surface area contributed by atoms with E-state index >= 15 is 0 Å². The van der Waals surface area contributed by atoms with Crippen molar-refractivity contribution in [2.45, 2.75) is 19.9 Å². The van der Waals surface area contributed by atoms with E-state index in [9.17, 15) is 18.4 Å². The molecule has 0 unspecified atom stereocenters. The van der Waals surface area contributed by atoms with Crippen LogP contribution in [0.25, 0.3) is 0 Å². The maximum absolute atomic E-state index is 13.3. The third-order valence-electron chi connectivity index (χ3n) is 3.81. The lowest BCUT2D eigenvalue weighted by Gasteiger charge is -2.16. The van der Waals surface area contributed by atoms with Gasteiger partial charge in [0.2, 0.25) is 11.8 Å². The number of nitrogens with one attached hydrogen (secondary N) is 3. The van der Waals surface area contributed by atoms with Crippen molar-refractivity contribution < 1.29 is 23.1 Å². The van der Waals surface area contributed by atoms with Gasteiger partial charge in [-0.15, -0.1) is 0 Å². The van der Waals surface area contributed by atoms with E-state index in [1.54, 1.807) is 25.1 Å². The lowest BCUT2D eigenvalue weighted by molar-refractivity contribution is -0.115. The molecule has 0 aromatic heterocycles. The molecule has 2 rings (SSSR count). The molecule has 2 aromatic rings. The van der Waals surface area contributed by atoms with Crippen LogP contribution >= 0.6 is 0 Å². The molecule has 0 aliphatic heterocycles. The molecular formula is C19H21F2N3O3. The number of benzene rings is 2. The summed E-state index contributed by atoms with van der Waals surface area (Å²) in [7, 11) is 1.46. The van der Waals surface area contributed by atoms with Crippen LogP contribution in [0.2, 0.25) is 0 Å². The van der Waals surface area contributed by atoms with Crippen LogP contribution in [0, 0.1) is 11.6 Å². The van der Waals surface area contributed by atoms with Crippen LogP contribution in [0.15, 0.2) is 36.4 Å². The van der Waals surface area contributed by atoms with Gasteiger partial charge in [0.1, 0.15) is 5.75 Å². The van der Waals surface area contributed by atoms with Crippen molar-refractivity contribution >= 4 is 23.2 Å². The predicted molar refractivity (Wildman–Crippen MR) is 98.7 cm³/mol. The maximum Gasteiger partial charge on any atom is 0.238 e. The summed E-state index contributed by atoms with van der Waals surface area (Å²) in [6, 6.07) is 8.08. The molecule has 0 saturated heterocycles. The molecule has 0 aliphatic rings. The molecule has 0 radical (unpaired) electrons. The maximum atomic E-state index is 13.3. The fraction of sp³-hybridized carbons (Fsp3) is 0.263. The number of amides is 2. The topological polar surface area (TPSA) is 79.5 Å². The first-order valence-electron chi connectivity index (χ1n) is 8.24. The fourth-order valence-electron chi connectivity index (χ4n) is 2.43. The Balaban J connectivity index is 2.00. The minimum Gasteiger partial charge on any atom is -0.495 e. The average Bonchev–Trinajstić information content (AvgIpc) is 2.61. The number of hydrogen-bond acceptors (Lipinski definition) is 4. The minimum absolute atomic E-state index is 0.0618. The van der Waals surface area contributed by atoms with Gasteiger partial charge in [-0.1, -0.05) is 6.07 Å². The number of anilines is 2. The molecule has 8 heteroatoms. The van der Waals surface area contributed by atoms with Gasteiger partial charge in [-0.3, -0.25) is 9.59 Å². The molecule has 0 spiro atoms. The first-order chi connectivity index (χ1) is 12.8. The van der Waals surface area contributed by atoms with Crippen LogP contribution < -0.4 is 20.7 Å². The van der Waals surface area contributed by atoms with E-state index in [1.165, 1.54) is 20.1 Å². The zero-order valence-electron chi connectivity index (χ0n) is 15.2. The molecule has 0 bridgehead atoms. The van der Waals surface area contributed by atoms with Crippen molar-refractivity contribution in [3.8, 4) is 5.75 Å². The Bertz CT molecular complexity index is 843. The van der Waals surface area contributed by atoms with Crippen LogP contribution in [0.3, 0.4) is 0 Å². The molecule has 144 valence electrons. The third-order valence-corrected chi connectivity index (χ3v) is 3.81. The average molecular weight is 377 g/mol. The summed E-state index contributed by atoms with van der Waals surface area (Å²) in [6.07, 6.45) is 0. The lowest BCUT2D eigenvalue weighted by Crippen LogP contribution is -2.30. The summed E-state index contributed by atoms with van der Waals surface area (Å²) in [4.78, 5) is 23.4. The Labute approximate surface area is 155 Å². The SMILES string of the molecule is COc1ccc(NC(C)=O)cc1NC(=O)CN[C@@H](C)c1ccc(F)c(F)c1. The summed E-state index contributed by atoms with van der Waals surface area (Å²) >= 11 is 0. The number of halogens is 2. The standard InChI is InChI=1S/C19H21F2N3O3/c1-11(13-4-6-15(20)16(21)8-13)22-10-19(26)24-17-9-14(23-12(2)25)5-7-18(17)27-3/h4-9,11,22H,10H2,1-3H3,(H,23,25)(H,24,26)/t11-/m0/s1. The number of carbonyl (C=O) groups is 2. The van der Waals surface area contributed by atoms with Crippen LogP contribution in [-0.4, -0.2) is 25.5 Å². The van der Waals surface area contributed by atoms with Gasteiger partial charge in [0.05, 0.1) is 19.3 Å². The Morgan fingerprint density at radius 1 is 1.07 bits per heavy atom. The zero-order chi connectivity index (χ0) is 20.0. The number of ether oxygens (including phenoxy) is 1. The van der Waals surface area contributed by atoms with Crippen LogP contribution in [0.5, 0.6) is 5.75 Å². The van der Waals surface area contributed by atoms with Crippen molar-refractivity contribution in [3.05, 3.63) is 53.6 Å². The Morgan fingerprint density at radius 2 is 1.81 bits per heavy atom. The highest BCUT2D eigenvalue weighted by atomic mass is 19.2. The smallest absolute Gasteiger partial charge is 0.238 e. The molecule has 0 aliphatic carbocycles.